The van der Waals surface area contributed by atoms with Crippen molar-refractivity contribution in [3.05, 3.63) is 22.2 Å². The second-order valence-electron chi connectivity index (χ2n) is 3.28. The van der Waals surface area contributed by atoms with Crippen LogP contribution in [-0.2, 0) is 13.6 Å². The molecule has 0 atom stereocenters. The summed E-state index contributed by atoms with van der Waals surface area (Å²) >= 11 is 0. The summed E-state index contributed by atoms with van der Waals surface area (Å²) in [5.74, 6) is 0.316. The van der Waals surface area contributed by atoms with Crippen LogP contribution >= 0.6 is 0 Å². The first-order valence-electron chi connectivity index (χ1n) is 4.97. The molecule has 0 aromatic carbocycles. The first-order chi connectivity index (χ1) is 7.00. The predicted molar refractivity (Wildman–Crippen MR) is 62.6 cm³/mol. The van der Waals surface area contributed by atoms with Gasteiger partial charge in [-0.15, -0.1) is 0 Å². The largest absolute Gasteiger partial charge is 0.383 e. The van der Waals surface area contributed by atoms with Crippen LogP contribution in [0, 0.1) is 0 Å². The van der Waals surface area contributed by atoms with Gasteiger partial charge in [0.05, 0.1) is 0 Å². The average Bonchev–Trinajstić information content (AvgIpc) is 2.17. The van der Waals surface area contributed by atoms with E-state index in [4.69, 9.17) is 5.73 Å². The highest BCUT2D eigenvalue weighted by molar-refractivity contribution is 5.36. The SMILES string of the molecule is CC.CN(C)Cc1cn(C)c(=O)nc1N. The summed E-state index contributed by atoms with van der Waals surface area (Å²) in [5, 5.41) is 0. The summed E-state index contributed by atoms with van der Waals surface area (Å²) in [6.45, 7) is 4.69. The van der Waals surface area contributed by atoms with E-state index in [2.05, 4.69) is 4.98 Å². The Bertz CT molecular complexity index is 357. The van der Waals surface area contributed by atoms with Crippen LogP contribution in [0.2, 0.25) is 0 Å². The maximum Gasteiger partial charge on any atom is 0.349 e. The van der Waals surface area contributed by atoms with E-state index >= 15 is 0 Å². The number of hydrogen-bond donors (Lipinski definition) is 1. The molecule has 0 aliphatic carbocycles. The summed E-state index contributed by atoms with van der Waals surface area (Å²) in [7, 11) is 5.53. The smallest absolute Gasteiger partial charge is 0.349 e. The highest BCUT2D eigenvalue weighted by atomic mass is 16.1. The number of aromatic nitrogens is 2. The number of hydrogen-bond acceptors (Lipinski definition) is 4. The molecule has 2 N–H and O–H groups in total. The molecule has 1 aromatic heterocycles. The Labute approximate surface area is 90.5 Å². The van der Waals surface area contributed by atoms with Crippen molar-refractivity contribution >= 4 is 5.82 Å². The summed E-state index contributed by atoms with van der Waals surface area (Å²) in [4.78, 5) is 16.7. The maximum absolute atomic E-state index is 11.0. The van der Waals surface area contributed by atoms with Crippen LogP contribution in [-0.4, -0.2) is 28.5 Å². The third-order valence-corrected chi connectivity index (χ3v) is 1.68. The molecule has 5 nitrogen and oxygen atoms in total. The minimum absolute atomic E-state index is 0.316. The van der Waals surface area contributed by atoms with Crippen LogP contribution in [0.1, 0.15) is 19.4 Å². The molecular weight excluding hydrogens is 192 g/mol. The van der Waals surface area contributed by atoms with E-state index in [1.807, 2.05) is 32.8 Å². The van der Waals surface area contributed by atoms with Crippen molar-refractivity contribution in [3.63, 3.8) is 0 Å². The van der Waals surface area contributed by atoms with Gasteiger partial charge in [-0.05, 0) is 14.1 Å². The monoisotopic (exact) mass is 212 g/mol. The molecule has 0 aliphatic heterocycles. The lowest BCUT2D eigenvalue weighted by Crippen LogP contribution is -2.24. The van der Waals surface area contributed by atoms with E-state index in [1.165, 1.54) is 4.57 Å². The highest BCUT2D eigenvalue weighted by Gasteiger charge is 2.04. The van der Waals surface area contributed by atoms with Gasteiger partial charge in [0.15, 0.2) is 0 Å². The molecule has 1 rings (SSSR count). The zero-order valence-electron chi connectivity index (χ0n) is 10.1. The van der Waals surface area contributed by atoms with Gasteiger partial charge in [-0.1, -0.05) is 13.8 Å². The van der Waals surface area contributed by atoms with Gasteiger partial charge >= 0.3 is 5.69 Å². The Morgan fingerprint density at radius 2 is 2.00 bits per heavy atom. The fourth-order valence-electron chi connectivity index (χ4n) is 1.07. The fourth-order valence-corrected chi connectivity index (χ4v) is 1.07. The maximum atomic E-state index is 11.0. The van der Waals surface area contributed by atoms with Crippen LogP contribution in [0.5, 0.6) is 0 Å². The van der Waals surface area contributed by atoms with Crippen molar-refractivity contribution in [3.8, 4) is 0 Å². The van der Waals surface area contributed by atoms with Gasteiger partial charge < -0.3 is 15.2 Å². The Hall–Kier alpha value is -1.36. The number of anilines is 1. The summed E-state index contributed by atoms with van der Waals surface area (Å²) < 4.78 is 1.43. The second-order valence-corrected chi connectivity index (χ2v) is 3.28. The summed E-state index contributed by atoms with van der Waals surface area (Å²) in [5.41, 5.74) is 6.14. The minimum atomic E-state index is -0.319. The molecule has 0 bridgehead atoms. The number of rotatable bonds is 2. The van der Waals surface area contributed by atoms with E-state index in [-0.39, 0.29) is 5.69 Å². The Balaban J connectivity index is 0.000000921. The first kappa shape index (κ1) is 13.6. The van der Waals surface area contributed by atoms with Gasteiger partial charge in [0.1, 0.15) is 5.82 Å². The van der Waals surface area contributed by atoms with Crippen molar-refractivity contribution in [1.29, 1.82) is 0 Å². The third-order valence-electron chi connectivity index (χ3n) is 1.68. The van der Waals surface area contributed by atoms with E-state index in [9.17, 15) is 4.79 Å². The van der Waals surface area contributed by atoms with Crippen LogP contribution in [0.4, 0.5) is 5.82 Å². The van der Waals surface area contributed by atoms with Crippen molar-refractivity contribution in [2.24, 2.45) is 7.05 Å². The van der Waals surface area contributed by atoms with E-state index < -0.39 is 0 Å². The molecule has 1 heterocycles. The Morgan fingerprint density at radius 3 is 2.47 bits per heavy atom. The zero-order chi connectivity index (χ0) is 12.0. The molecular formula is C10H20N4O. The van der Waals surface area contributed by atoms with Crippen molar-refractivity contribution in [2.75, 3.05) is 19.8 Å². The molecule has 0 spiro atoms. The third kappa shape index (κ3) is 4.12. The lowest BCUT2D eigenvalue weighted by atomic mass is 10.3. The quantitative estimate of drug-likeness (QED) is 0.773. The van der Waals surface area contributed by atoms with E-state index in [1.54, 1.807) is 13.2 Å². The number of nitrogens with zero attached hydrogens (tertiary/aromatic N) is 3. The summed E-state index contributed by atoms with van der Waals surface area (Å²) in [6, 6.07) is 0. The van der Waals surface area contributed by atoms with Gasteiger partial charge in [-0.25, -0.2) is 4.79 Å². The molecule has 0 saturated carbocycles. The molecule has 0 aliphatic rings. The standard InChI is InChI=1S/C8H14N4O.C2H6/c1-11(2)4-6-5-12(3)8(13)10-7(6)9;1-2/h5H,4H2,1-3H3,(H2,9,10,13);1-2H3. The van der Waals surface area contributed by atoms with Gasteiger partial charge in [0, 0.05) is 25.4 Å². The van der Waals surface area contributed by atoms with Gasteiger partial charge in [-0.3, -0.25) is 0 Å². The molecule has 86 valence electrons. The molecule has 0 saturated heterocycles. The normalized spacial score (nSPS) is 9.73. The van der Waals surface area contributed by atoms with Gasteiger partial charge in [0.25, 0.3) is 0 Å². The van der Waals surface area contributed by atoms with Crippen molar-refractivity contribution in [2.45, 2.75) is 20.4 Å². The second kappa shape index (κ2) is 6.19. The van der Waals surface area contributed by atoms with E-state index in [0.717, 1.165) is 5.56 Å². The fraction of sp³-hybridized carbons (Fsp3) is 0.600. The van der Waals surface area contributed by atoms with Gasteiger partial charge in [0.2, 0.25) is 0 Å². The molecule has 1 aromatic rings. The predicted octanol–water partition coefficient (Wildman–Crippen LogP) is 0.450. The molecule has 0 fully saturated rings. The minimum Gasteiger partial charge on any atom is -0.383 e. The van der Waals surface area contributed by atoms with Crippen LogP contribution in [0.25, 0.3) is 0 Å². The summed E-state index contributed by atoms with van der Waals surface area (Å²) in [6.07, 6.45) is 1.71. The van der Waals surface area contributed by atoms with Crippen molar-refractivity contribution in [1.82, 2.24) is 14.5 Å². The van der Waals surface area contributed by atoms with E-state index in [0.29, 0.717) is 12.4 Å². The lowest BCUT2D eigenvalue weighted by molar-refractivity contribution is 0.401. The molecule has 5 heteroatoms. The van der Waals surface area contributed by atoms with Crippen molar-refractivity contribution < 1.29 is 0 Å². The highest BCUT2D eigenvalue weighted by Crippen LogP contribution is 2.05. The van der Waals surface area contributed by atoms with Gasteiger partial charge in [-0.2, -0.15) is 4.98 Å². The average molecular weight is 212 g/mol. The molecule has 0 amide bonds. The number of nitrogen functional groups attached to an aromatic ring is 1. The van der Waals surface area contributed by atoms with Crippen LogP contribution < -0.4 is 11.4 Å². The Kier molecular flexibility index (Phi) is 5.62. The zero-order valence-corrected chi connectivity index (χ0v) is 10.1. The number of nitrogens with two attached hydrogens (primary N) is 1. The Morgan fingerprint density at radius 1 is 1.47 bits per heavy atom. The number of aryl methyl sites for hydroxylation is 1. The molecule has 0 radical (unpaired) electrons. The molecule has 0 unspecified atom stereocenters. The van der Waals surface area contributed by atoms with Crippen LogP contribution in [0.15, 0.2) is 11.0 Å². The van der Waals surface area contributed by atoms with Crippen LogP contribution in [0.3, 0.4) is 0 Å². The first-order valence-corrected chi connectivity index (χ1v) is 4.97. The topological polar surface area (TPSA) is 64.2 Å². The lowest BCUT2D eigenvalue weighted by Gasteiger charge is -2.11. The molecule has 15 heavy (non-hydrogen) atoms.